The van der Waals surface area contributed by atoms with Crippen molar-refractivity contribution in [3.63, 3.8) is 0 Å². The fraction of sp³-hybridized carbons (Fsp3) is 0.125. The maximum Gasteiger partial charge on any atom is 0.196 e. The van der Waals surface area contributed by atoms with Gasteiger partial charge in [0.15, 0.2) is 5.72 Å². The fourth-order valence-corrected chi connectivity index (χ4v) is 5.13. The second kappa shape index (κ2) is 5.38. The summed E-state index contributed by atoms with van der Waals surface area (Å²) in [7, 11) is 0. The number of hydrogen-bond donors (Lipinski definition) is 0. The molecule has 2 nitrogen and oxygen atoms in total. The zero-order chi connectivity index (χ0) is 18.0. The molecule has 0 saturated carbocycles. The van der Waals surface area contributed by atoms with E-state index in [1.165, 1.54) is 27.1 Å². The van der Waals surface area contributed by atoms with Gasteiger partial charge in [0.1, 0.15) is 4.99 Å². The lowest BCUT2D eigenvalue weighted by Crippen LogP contribution is -2.40. The molecule has 2 heterocycles. The van der Waals surface area contributed by atoms with Gasteiger partial charge in [0.25, 0.3) is 0 Å². The van der Waals surface area contributed by atoms with Crippen molar-refractivity contribution in [1.82, 2.24) is 4.90 Å². The molecule has 2 aliphatic rings. The van der Waals surface area contributed by atoms with Crippen LogP contribution in [0.1, 0.15) is 16.7 Å². The Kier molecular flexibility index (Phi) is 3.05. The van der Waals surface area contributed by atoms with Gasteiger partial charge in [-0.1, -0.05) is 78.9 Å². The van der Waals surface area contributed by atoms with Crippen LogP contribution in [0.5, 0.6) is 0 Å². The minimum absolute atomic E-state index is 0.615. The number of ether oxygens (including phenoxy) is 1. The Morgan fingerprint density at radius 3 is 2.37 bits per heavy atom. The van der Waals surface area contributed by atoms with E-state index in [1.807, 2.05) is 0 Å². The molecule has 1 unspecified atom stereocenters. The summed E-state index contributed by atoms with van der Waals surface area (Å²) in [6.07, 6.45) is 0. The molecular formula is C24H17NOS. The lowest BCUT2D eigenvalue weighted by Gasteiger charge is -2.34. The summed E-state index contributed by atoms with van der Waals surface area (Å²) < 4.78 is 6.51. The van der Waals surface area contributed by atoms with Crippen LogP contribution in [0.15, 0.2) is 78.9 Å². The molecule has 0 N–H and O–H groups in total. The van der Waals surface area contributed by atoms with Crippen molar-refractivity contribution in [2.24, 2.45) is 0 Å². The van der Waals surface area contributed by atoms with Gasteiger partial charge >= 0.3 is 0 Å². The van der Waals surface area contributed by atoms with Gasteiger partial charge in [-0.05, 0) is 33.7 Å². The molecule has 0 radical (unpaired) electrons. The summed E-state index contributed by atoms with van der Waals surface area (Å²) in [4.78, 5) is 3.15. The Labute approximate surface area is 163 Å². The molecule has 1 fully saturated rings. The number of benzene rings is 4. The summed E-state index contributed by atoms with van der Waals surface area (Å²) in [6, 6.07) is 28.0. The number of fused-ring (bicyclic) bond motifs is 5. The van der Waals surface area contributed by atoms with Gasteiger partial charge in [-0.15, -0.1) is 0 Å². The predicted octanol–water partition coefficient (Wildman–Crippen LogP) is 5.22. The maximum atomic E-state index is 6.51. The topological polar surface area (TPSA) is 12.5 Å². The first-order valence-corrected chi connectivity index (χ1v) is 9.67. The molecule has 27 heavy (non-hydrogen) atoms. The van der Waals surface area contributed by atoms with Crippen LogP contribution in [-0.4, -0.2) is 23.0 Å². The molecule has 0 amide bonds. The molecule has 4 aromatic carbocycles. The third kappa shape index (κ3) is 1.90. The van der Waals surface area contributed by atoms with Crippen LogP contribution in [0.4, 0.5) is 0 Å². The van der Waals surface area contributed by atoms with E-state index in [2.05, 4.69) is 83.8 Å². The van der Waals surface area contributed by atoms with E-state index < -0.39 is 5.72 Å². The Balaban J connectivity index is 1.72. The van der Waals surface area contributed by atoms with Crippen LogP contribution in [0.2, 0.25) is 0 Å². The lowest BCUT2D eigenvalue weighted by atomic mass is 9.89. The van der Waals surface area contributed by atoms with Crippen molar-refractivity contribution in [3.05, 3.63) is 95.6 Å². The zero-order valence-electron chi connectivity index (χ0n) is 14.7. The van der Waals surface area contributed by atoms with Gasteiger partial charge < -0.3 is 9.64 Å². The minimum Gasteiger partial charge on any atom is -0.345 e. The third-order valence-electron chi connectivity index (χ3n) is 5.89. The summed E-state index contributed by atoms with van der Waals surface area (Å²) in [5, 5.41) is 4.95. The standard InChI is InChI=1S/C24H17NOS/c27-23-19-9-3-4-10-21(19)24(25(23)12-13-26-24)22-11-5-8-18-14-16-6-1-2-7-17(16)15-20(18)22/h1-11,14-15H,12-13H2. The van der Waals surface area contributed by atoms with Gasteiger partial charge in [0.05, 0.1) is 6.61 Å². The van der Waals surface area contributed by atoms with Gasteiger partial charge in [0, 0.05) is 23.2 Å². The molecule has 6 rings (SSSR count). The Morgan fingerprint density at radius 2 is 1.48 bits per heavy atom. The number of rotatable bonds is 1. The lowest BCUT2D eigenvalue weighted by molar-refractivity contribution is -0.0142. The fourth-order valence-electron chi connectivity index (χ4n) is 4.73. The minimum atomic E-state index is -0.615. The molecular weight excluding hydrogens is 350 g/mol. The molecule has 0 spiro atoms. The highest BCUT2D eigenvalue weighted by molar-refractivity contribution is 7.80. The average molecular weight is 367 g/mol. The monoisotopic (exact) mass is 367 g/mol. The van der Waals surface area contributed by atoms with Crippen LogP contribution in [0.25, 0.3) is 21.5 Å². The highest BCUT2D eigenvalue weighted by atomic mass is 32.1. The highest BCUT2D eigenvalue weighted by Gasteiger charge is 2.53. The molecule has 2 aliphatic heterocycles. The Bertz CT molecular complexity index is 1250. The van der Waals surface area contributed by atoms with Crippen molar-refractivity contribution in [3.8, 4) is 0 Å². The quantitative estimate of drug-likeness (QED) is 0.338. The molecule has 1 saturated heterocycles. The van der Waals surface area contributed by atoms with Crippen molar-refractivity contribution in [2.45, 2.75) is 5.72 Å². The molecule has 0 bridgehead atoms. The molecule has 4 aromatic rings. The summed E-state index contributed by atoms with van der Waals surface area (Å²) in [6.45, 7) is 1.50. The predicted molar refractivity (Wildman–Crippen MR) is 113 cm³/mol. The van der Waals surface area contributed by atoms with Crippen LogP contribution < -0.4 is 0 Å². The van der Waals surface area contributed by atoms with E-state index in [4.69, 9.17) is 17.0 Å². The first-order chi connectivity index (χ1) is 13.3. The maximum absolute atomic E-state index is 6.51. The molecule has 1 atom stereocenters. The van der Waals surface area contributed by atoms with Crippen molar-refractivity contribution < 1.29 is 4.74 Å². The van der Waals surface area contributed by atoms with E-state index in [9.17, 15) is 0 Å². The summed E-state index contributed by atoms with van der Waals surface area (Å²) in [5.74, 6) is 0. The second-order valence-corrected chi connectivity index (χ2v) is 7.61. The SMILES string of the molecule is S=C1c2ccccc2C2(c3cccc4cc5ccccc5cc34)OCCN12. The Hall–Kier alpha value is -2.75. The molecule has 0 aliphatic carbocycles. The Morgan fingerprint density at radius 1 is 0.778 bits per heavy atom. The van der Waals surface area contributed by atoms with Gasteiger partial charge in [-0.3, -0.25) is 0 Å². The smallest absolute Gasteiger partial charge is 0.196 e. The van der Waals surface area contributed by atoms with E-state index in [1.54, 1.807) is 0 Å². The van der Waals surface area contributed by atoms with E-state index in [0.29, 0.717) is 6.61 Å². The van der Waals surface area contributed by atoms with E-state index in [-0.39, 0.29) is 0 Å². The van der Waals surface area contributed by atoms with Gasteiger partial charge in [0.2, 0.25) is 0 Å². The normalized spacial score (nSPS) is 21.0. The summed E-state index contributed by atoms with van der Waals surface area (Å²) in [5.41, 5.74) is 2.84. The summed E-state index contributed by atoms with van der Waals surface area (Å²) >= 11 is 5.83. The number of nitrogens with zero attached hydrogens (tertiary/aromatic N) is 1. The van der Waals surface area contributed by atoms with Crippen LogP contribution in [-0.2, 0) is 10.5 Å². The van der Waals surface area contributed by atoms with Crippen molar-refractivity contribution >= 4 is 38.8 Å². The number of thiocarbonyl (C=S) groups is 1. The molecule has 3 heteroatoms. The van der Waals surface area contributed by atoms with Crippen LogP contribution in [0, 0.1) is 0 Å². The van der Waals surface area contributed by atoms with E-state index >= 15 is 0 Å². The molecule has 0 aromatic heterocycles. The first-order valence-electron chi connectivity index (χ1n) is 9.26. The van der Waals surface area contributed by atoms with Crippen molar-refractivity contribution in [1.29, 1.82) is 0 Å². The molecule has 130 valence electrons. The van der Waals surface area contributed by atoms with Crippen molar-refractivity contribution in [2.75, 3.05) is 13.2 Å². The average Bonchev–Trinajstić information content (AvgIpc) is 3.25. The van der Waals surface area contributed by atoms with Crippen LogP contribution >= 0.6 is 12.2 Å². The van der Waals surface area contributed by atoms with Gasteiger partial charge in [-0.25, -0.2) is 0 Å². The zero-order valence-corrected chi connectivity index (χ0v) is 15.5. The first kappa shape index (κ1) is 15.3. The third-order valence-corrected chi connectivity index (χ3v) is 6.33. The highest BCUT2D eigenvalue weighted by Crippen LogP contribution is 2.50. The van der Waals surface area contributed by atoms with Crippen LogP contribution in [0.3, 0.4) is 0 Å². The van der Waals surface area contributed by atoms with Gasteiger partial charge in [-0.2, -0.15) is 0 Å². The van der Waals surface area contributed by atoms with E-state index in [0.717, 1.165) is 22.7 Å². The number of hydrogen-bond acceptors (Lipinski definition) is 2. The largest absolute Gasteiger partial charge is 0.345 e. The second-order valence-electron chi connectivity index (χ2n) is 7.22.